The third-order valence-electron chi connectivity index (χ3n) is 3.51. The number of hydrogen-bond donors (Lipinski definition) is 2. The molecule has 1 aromatic carbocycles. The number of nitrogens with one attached hydrogen (secondary N) is 1. The predicted octanol–water partition coefficient (Wildman–Crippen LogP) is 1.03. The van der Waals surface area contributed by atoms with Gasteiger partial charge in [-0.1, -0.05) is 30.4 Å². The maximum absolute atomic E-state index is 11.8. The third-order valence-corrected chi connectivity index (χ3v) is 3.75. The number of benzene rings is 1. The fourth-order valence-electron chi connectivity index (χ4n) is 2.54. The van der Waals surface area contributed by atoms with Gasteiger partial charge in [-0.15, -0.1) is 0 Å². The van der Waals surface area contributed by atoms with Crippen LogP contribution < -0.4 is 11.1 Å². The number of hydrogen-bond acceptors (Lipinski definition) is 3. The second kappa shape index (κ2) is 6.12. The zero-order chi connectivity index (χ0) is 13.8. The van der Waals surface area contributed by atoms with E-state index in [2.05, 4.69) is 10.2 Å². The molecule has 1 aliphatic rings. The summed E-state index contributed by atoms with van der Waals surface area (Å²) in [5.74, 6) is 0.100. The number of thiocarbonyl (C=S) groups is 1. The lowest BCUT2D eigenvalue weighted by Crippen LogP contribution is -2.41. The number of rotatable bonds is 4. The van der Waals surface area contributed by atoms with Crippen LogP contribution in [0.25, 0.3) is 0 Å². The van der Waals surface area contributed by atoms with Gasteiger partial charge in [0, 0.05) is 19.2 Å². The van der Waals surface area contributed by atoms with E-state index in [1.807, 2.05) is 24.3 Å². The van der Waals surface area contributed by atoms with E-state index < -0.39 is 0 Å². The molecule has 0 radical (unpaired) electrons. The van der Waals surface area contributed by atoms with Crippen molar-refractivity contribution in [3.8, 4) is 0 Å². The Morgan fingerprint density at radius 3 is 3.05 bits per heavy atom. The standard InChI is InChI=1S/C14H19N3OS/c1-16-14(18)12-6-3-7-17(12)9-10-4-2-5-11(8-10)13(15)19/h2,4-5,8,12H,3,6-7,9H2,1H3,(H2,15,19)(H,16,18). The highest BCUT2D eigenvalue weighted by atomic mass is 32.1. The van der Waals surface area contributed by atoms with Crippen molar-refractivity contribution in [2.45, 2.75) is 25.4 Å². The molecule has 0 saturated carbocycles. The molecule has 0 spiro atoms. The number of likely N-dealkylation sites (N-methyl/N-ethyl adjacent to an activating group) is 1. The summed E-state index contributed by atoms with van der Waals surface area (Å²) in [4.78, 5) is 14.4. The van der Waals surface area contributed by atoms with Crippen molar-refractivity contribution in [1.82, 2.24) is 10.2 Å². The first-order valence-electron chi connectivity index (χ1n) is 6.46. The summed E-state index contributed by atoms with van der Waals surface area (Å²) in [6, 6.07) is 7.89. The smallest absolute Gasteiger partial charge is 0.237 e. The van der Waals surface area contributed by atoms with Crippen molar-refractivity contribution in [2.24, 2.45) is 5.73 Å². The molecule has 5 heteroatoms. The summed E-state index contributed by atoms with van der Waals surface area (Å²) in [5.41, 5.74) is 7.66. The van der Waals surface area contributed by atoms with Crippen LogP contribution in [-0.4, -0.2) is 35.4 Å². The molecule has 1 aromatic rings. The van der Waals surface area contributed by atoms with Gasteiger partial charge in [0.25, 0.3) is 0 Å². The number of nitrogens with two attached hydrogens (primary N) is 1. The van der Waals surface area contributed by atoms with Crippen molar-refractivity contribution >= 4 is 23.1 Å². The molecule has 1 atom stereocenters. The highest BCUT2D eigenvalue weighted by molar-refractivity contribution is 7.80. The maximum atomic E-state index is 11.8. The van der Waals surface area contributed by atoms with Crippen LogP contribution in [0.15, 0.2) is 24.3 Å². The van der Waals surface area contributed by atoms with Gasteiger partial charge < -0.3 is 11.1 Å². The Balaban J connectivity index is 2.10. The van der Waals surface area contributed by atoms with Crippen LogP contribution in [0.4, 0.5) is 0 Å². The van der Waals surface area contributed by atoms with E-state index in [0.29, 0.717) is 4.99 Å². The average molecular weight is 277 g/mol. The summed E-state index contributed by atoms with van der Waals surface area (Å²) < 4.78 is 0. The van der Waals surface area contributed by atoms with Crippen LogP contribution in [-0.2, 0) is 11.3 Å². The van der Waals surface area contributed by atoms with Gasteiger partial charge in [-0.3, -0.25) is 9.69 Å². The molecule has 3 N–H and O–H groups in total. The Hall–Kier alpha value is -1.46. The van der Waals surface area contributed by atoms with Gasteiger partial charge in [0.05, 0.1) is 6.04 Å². The predicted molar refractivity (Wildman–Crippen MR) is 79.8 cm³/mol. The minimum Gasteiger partial charge on any atom is -0.389 e. The Bertz CT molecular complexity index is 489. The highest BCUT2D eigenvalue weighted by Crippen LogP contribution is 2.20. The lowest BCUT2D eigenvalue weighted by atomic mass is 10.1. The van der Waals surface area contributed by atoms with E-state index in [9.17, 15) is 4.79 Å². The SMILES string of the molecule is CNC(=O)C1CCCN1Cc1cccc(C(N)=S)c1. The van der Waals surface area contributed by atoms with Crippen LogP contribution in [0.5, 0.6) is 0 Å². The van der Waals surface area contributed by atoms with E-state index in [1.54, 1.807) is 7.05 Å². The number of amides is 1. The second-order valence-corrected chi connectivity index (χ2v) is 5.25. The molecule has 1 saturated heterocycles. The first-order valence-corrected chi connectivity index (χ1v) is 6.87. The summed E-state index contributed by atoms with van der Waals surface area (Å²) >= 11 is 4.99. The highest BCUT2D eigenvalue weighted by Gasteiger charge is 2.29. The van der Waals surface area contributed by atoms with Gasteiger partial charge in [-0.25, -0.2) is 0 Å². The summed E-state index contributed by atoms with van der Waals surface area (Å²) in [6.45, 7) is 1.71. The zero-order valence-corrected chi connectivity index (χ0v) is 11.9. The molecule has 19 heavy (non-hydrogen) atoms. The van der Waals surface area contributed by atoms with Crippen molar-refractivity contribution < 1.29 is 4.79 Å². The molecule has 2 rings (SSSR count). The van der Waals surface area contributed by atoms with Crippen LogP contribution in [0, 0.1) is 0 Å². The van der Waals surface area contributed by atoms with Crippen LogP contribution in [0.3, 0.4) is 0 Å². The lowest BCUT2D eigenvalue weighted by molar-refractivity contribution is -0.125. The Morgan fingerprint density at radius 2 is 2.37 bits per heavy atom. The molecule has 0 aromatic heterocycles. The lowest BCUT2D eigenvalue weighted by Gasteiger charge is -2.23. The maximum Gasteiger partial charge on any atom is 0.237 e. The van der Waals surface area contributed by atoms with Gasteiger partial charge in [0.1, 0.15) is 4.99 Å². The largest absolute Gasteiger partial charge is 0.389 e. The van der Waals surface area contributed by atoms with E-state index >= 15 is 0 Å². The minimum atomic E-state index is -0.0153. The molecule has 1 unspecified atom stereocenters. The normalized spacial score (nSPS) is 19.3. The van der Waals surface area contributed by atoms with E-state index in [-0.39, 0.29) is 11.9 Å². The van der Waals surface area contributed by atoms with Crippen molar-refractivity contribution in [2.75, 3.05) is 13.6 Å². The van der Waals surface area contributed by atoms with Crippen LogP contribution in [0.2, 0.25) is 0 Å². The first-order chi connectivity index (χ1) is 9.11. The molecule has 4 nitrogen and oxygen atoms in total. The quantitative estimate of drug-likeness (QED) is 0.807. The Labute approximate surface area is 119 Å². The van der Waals surface area contributed by atoms with Crippen LogP contribution in [0.1, 0.15) is 24.0 Å². The first kappa shape index (κ1) is 14.0. The number of nitrogens with zero attached hydrogens (tertiary/aromatic N) is 1. The molecule has 102 valence electrons. The van der Waals surface area contributed by atoms with Gasteiger partial charge in [0.15, 0.2) is 0 Å². The molecular weight excluding hydrogens is 258 g/mol. The monoisotopic (exact) mass is 277 g/mol. The molecule has 1 heterocycles. The summed E-state index contributed by atoms with van der Waals surface area (Å²) in [7, 11) is 1.69. The average Bonchev–Trinajstić information content (AvgIpc) is 2.86. The summed E-state index contributed by atoms with van der Waals surface area (Å²) in [6.07, 6.45) is 1.99. The fourth-order valence-corrected chi connectivity index (χ4v) is 2.66. The molecule has 1 fully saturated rings. The van der Waals surface area contributed by atoms with Gasteiger partial charge in [-0.05, 0) is 31.0 Å². The topological polar surface area (TPSA) is 58.4 Å². The minimum absolute atomic E-state index is 0.0153. The zero-order valence-electron chi connectivity index (χ0n) is 11.1. The Kier molecular flexibility index (Phi) is 4.50. The van der Waals surface area contributed by atoms with Crippen LogP contribution >= 0.6 is 12.2 Å². The van der Waals surface area contributed by atoms with E-state index in [4.69, 9.17) is 18.0 Å². The fraction of sp³-hybridized carbons (Fsp3) is 0.429. The summed E-state index contributed by atoms with van der Waals surface area (Å²) in [5, 5.41) is 2.73. The van der Waals surface area contributed by atoms with Gasteiger partial charge in [0.2, 0.25) is 5.91 Å². The molecular formula is C14H19N3OS. The van der Waals surface area contributed by atoms with E-state index in [1.165, 1.54) is 0 Å². The van der Waals surface area contributed by atoms with E-state index in [0.717, 1.165) is 37.1 Å². The molecule has 1 amide bonds. The molecule has 0 aliphatic carbocycles. The van der Waals surface area contributed by atoms with Gasteiger partial charge in [-0.2, -0.15) is 0 Å². The van der Waals surface area contributed by atoms with Gasteiger partial charge >= 0.3 is 0 Å². The second-order valence-electron chi connectivity index (χ2n) is 4.81. The molecule has 0 bridgehead atoms. The molecule has 1 aliphatic heterocycles. The number of carbonyl (C=O) groups excluding carboxylic acids is 1. The third kappa shape index (κ3) is 3.30. The van der Waals surface area contributed by atoms with Crippen molar-refractivity contribution in [3.63, 3.8) is 0 Å². The number of carbonyl (C=O) groups is 1. The van der Waals surface area contributed by atoms with Crippen molar-refractivity contribution in [3.05, 3.63) is 35.4 Å². The Morgan fingerprint density at radius 1 is 1.58 bits per heavy atom. The number of likely N-dealkylation sites (tertiary alicyclic amines) is 1. The van der Waals surface area contributed by atoms with Crippen molar-refractivity contribution in [1.29, 1.82) is 0 Å².